The smallest absolute Gasteiger partial charge is 0.303 e. The summed E-state index contributed by atoms with van der Waals surface area (Å²) in [4.78, 5) is 21.6. The highest BCUT2D eigenvalue weighted by molar-refractivity contribution is 5.81. The van der Waals surface area contributed by atoms with Gasteiger partial charge in [-0.05, 0) is 6.07 Å². The fourth-order valence-corrected chi connectivity index (χ4v) is 1.34. The molecule has 6 heteroatoms. The van der Waals surface area contributed by atoms with Gasteiger partial charge in [0.2, 0.25) is 5.91 Å². The van der Waals surface area contributed by atoms with Gasteiger partial charge in [0.1, 0.15) is 11.9 Å². The van der Waals surface area contributed by atoms with Crippen molar-refractivity contribution in [1.82, 2.24) is 5.32 Å². The van der Waals surface area contributed by atoms with Crippen LogP contribution in [0.4, 0.5) is 4.39 Å². The van der Waals surface area contributed by atoms with Crippen molar-refractivity contribution in [2.75, 3.05) is 0 Å². The molecule has 1 rings (SSSR count). The lowest BCUT2D eigenvalue weighted by atomic mass is 10.1. The molecule has 5 nitrogen and oxygen atoms in total. The van der Waals surface area contributed by atoms with Crippen molar-refractivity contribution < 1.29 is 19.1 Å². The molecule has 0 aliphatic rings. The summed E-state index contributed by atoms with van der Waals surface area (Å²) in [5.74, 6) is -2.31. The monoisotopic (exact) mass is 250 g/mol. The topological polar surface area (TPSA) is 90.2 Å². The second-order valence-electron chi connectivity index (χ2n) is 3.54. The number of amides is 1. The molecule has 2 N–H and O–H groups in total. The predicted molar refractivity (Wildman–Crippen MR) is 59.8 cm³/mol. The molecule has 0 heterocycles. The van der Waals surface area contributed by atoms with Crippen LogP contribution < -0.4 is 5.32 Å². The van der Waals surface area contributed by atoms with Crippen LogP contribution in [0.1, 0.15) is 24.4 Å². The predicted octanol–water partition coefficient (Wildman–Crippen LogP) is 1.37. The van der Waals surface area contributed by atoms with Gasteiger partial charge < -0.3 is 10.4 Å². The SMILES string of the molecule is N#CC(NC(=O)CCC(=O)O)c1ccccc1F. The van der Waals surface area contributed by atoms with E-state index in [2.05, 4.69) is 5.32 Å². The number of halogens is 1. The van der Waals surface area contributed by atoms with Gasteiger partial charge >= 0.3 is 5.97 Å². The number of rotatable bonds is 5. The molecular formula is C12H11FN2O3. The van der Waals surface area contributed by atoms with E-state index in [4.69, 9.17) is 10.4 Å². The third-order valence-electron chi connectivity index (χ3n) is 2.22. The maximum atomic E-state index is 13.4. The van der Waals surface area contributed by atoms with Crippen LogP contribution in [0.3, 0.4) is 0 Å². The van der Waals surface area contributed by atoms with Crippen LogP contribution in [-0.2, 0) is 9.59 Å². The molecular weight excluding hydrogens is 239 g/mol. The molecule has 18 heavy (non-hydrogen) atoms. The minimum Gasteiger partial charge on any atom is -0.481 e. The molecule has 0 aromatic heterocycles. The van der Waals surface area contributed by atoms with Crippen molar-refractivity contribution in [2.45, 2.75) is 18.9 Å². The number of carbonyl (C=O) groups is 2. The Morgan fingerprint density at radius 2 is 2.06 bits per heavy atom. The van der Waals surface area contributed by atoms with E-state index in [0.717, 1.165) is 0 Å². The molecule has 0 saturated heterocycles. The van der Waals surface area contributed by atoms with Gasteiger partial charge in [-0.25, -0.2) is 4.39 Å². The van der Waals surface area contributed by atoms with Crippen LogP contribution in [0.15, 0.2) is 24.3 Å². The van der Waals surface area contributed by atoms with Crippen LogP contribution in [0.25, 0.3) is 0 Å². The first-order valence-electron chi connectivity index (χ1n) is 5.19. The van der Waals surface area contributed by atoms with Crippen LogP contribution in [0.2, 0.25) is 0 Å². The third-order valence-corrected chi connectivity index (χ3v) is 2.22. The number of carbonyl (C=O) groups excluding carboxylic acids is 1. The summed E-state index contributed by atoms with van der Waals surface area (Å²) in [6.45, 7) is 0. The van der Waals surface area contributed by atoms with E-state index in [0.29, 0.717) is 0 Å². The number of hydrogen-bond donors (Lipinski definition) is 2. The molecule has 0 fully saturated rings. The Morgan fingerprint density at radius 1 is 1.39 bits per heavy atom. The lowest BCUT2D eigenvalue weighted by molar-refractivity contribution is -0.138. The minimum atomic E-state index is -1.12. The van der Waals surface area contributed by atoms with Gasteiger partial charge in [-0.3, -0.25) is 9.59 Å². The Morgan fingerprint density at radius 3 is 2.61 bits per heavy atom. The van der Waals surface area contributed by atoms with Crippen molar-refractivity contribution in [3.63, 3.8) is 0 Å². The van der Waals surface area contributed by atoms with Gasteiger partial charge in [-0.15, -0.1) is 0 Å². The highest BCUT2D eigenvalue weighted by Crippen LogP contribution is 2.16. The first-order chi connectivity index (χ1) is 8.54. The standard InChI is InChI=1S/C12H11FN2O3/c13-9-4-2-1-3-8(9)10(7-14)15-11(16)5-6-12(17)18/h1-4,10H,5-6H2,(H,15,16)(H,17,18). The molecule has 0 spiro atoms. The summed E-state index contributed by atoms with van der Waals surface area (Å²) >= 11 is 0. The van der Waals surface area contributed by atoms with Gasteiger partial charge in [0, 0.05) is 12.0 Å². The first-order valence-corrected chi connectivity index (χ1v) is 5.19. The molecule has 1 amide bonds. The van der Waals surface area contributed by atoms with Crippen LogP contribution in [-0.4, -0.2) is 17.0 Å². The fourth-order valence-electron chi connectivity index (χ4n) is 1.34. The zero-order valence-corrected chi connectivity index (χ0v) is 9.39. The molecule has 1 aromatic rings. The van der Waals surface area contributed by atoms with E-state index in [1.165, 1.54) is 18.2 Å². The van der Waals surface area contributed by atoms with E-state index >= 15 is 0 Å². The van der Waals surface area contributed by atoms with Crippen molar-refractivity contribution in [1.29, 1.82) is 5.26 Å². The summed E-state index contributed by atoms with van der Waals surface area (Å²) in [7, 11) is 0. The van der Waals surface area contributed by atoms with Crippen LogP contribution in [0.5, 0.6) is 0 Å². The van der Waals surface area contributed by atoms with Gasteiger partial charge in [0.05, 0.1) is 12.5 Å². The summed E-state index contributed by atoms with van der Waals surface area (Å²) in [6, 6.07) is 6.23. The van der Waals surface area contributed by atoms with Gasteiger partial charge in [-0.2, -0.15) is 5.26 Å². The summed E-state index contributed by atoms with van der Waals surface area (Å²) in [5.41, 5.74) is 0.0590. The maximum absolute atomic E-state index is 13.4. The normalized spacial score (nSPS) is 11.3. The molecule has 1 unspecified atom stereocenters. The van der Waals surface area contributed by atoms with Crippen LogP contribution >= 0.6 is 0 Å². The molecule has 1 atom stereocenters. The number of nitrogens with one attached hydrogen (secondary N) is 1. The molecule has 0 bridgehead atoms. The summed E-state index contributed by atoms with van der Waals surface area (Å²) < 4.78 is 13.4. The summed E-state index contributed by atoms with van der Waals surface area (Å²) in [5, 5.41) is 19.6. The zero-order valence-electron chi connectivity index (χ0n) is 9.39. The molecule has 0 radical (unpaired) electrons. The highest BCUT2D eigenvalue weighted by Gasteiger charge is 2.17. The Labute approximate surface area is 103 Å². The first kappa shape index (κ1) is 13.6. The second kappa shape index (κ2) is 6.35. The van der Waals surface area contributed by atoms with E-state index in [1.54, 1.807) is 12.1 Å². The number of nitriles is 1. The Kier molecular flexibility index (Phi) is 4.81. The quantitative estimate of drug-likeness (QED) is 0.825. The lowest BCUT2D eigenvalue weighted by Crippen LogP contribution is -2.28. The molecule has 0 aliphatic heterocycles. The van der Waals surface area contributed by atoms with Crippen LogP contribution in [0, 0.1) is 17.1 Å². The third kappa shape index (κ3) is 3.87. The van der Waals surface area contributed by atoms with Gasteiger partial charge in [0.15, 0.2) is 0 Å². The van der Waals surface area contributed by atoms with Crippen molar-refractivity contribution in [3.05, 3.63) is 35.6 Å². The summed E-state index contributed by atoms with van der Waals surface area (Å²) in [6.07, 6.45) is -0.580. The lowest BCUT2D eigenvalue weighted by Gasteiger charge is -2.12. The number of benzene rings is 1. The van der Waals surface area contributed by atoms with E-state index < -0.39 is 23.7 Å². The van der Waals surface area contributed by atoms with E-state index in [-0.39, 0.29) is 18.4 Å². The number of aliphatic carboxylic acids is 1. The second-order valence-corrected chi connectivity index (χ2v) is 3.54. The highest BCUT2D eigenvalue weighted by atomic mass is 19.1. The Bertz CT molecular complexity index is 496. The number of carboxylic acid groups (broad SMARTS) is 1. The molecule has 94 valence electrons. The number of carboxylic acids is 1. The molecule has 1 aromatic carbocycles. The average Bonchev–Trinajstić information content (AvgIpc) is 2.34. The number of nitrogens with zero attached hydrogens (tertiary/aromatic N) is 1. The minimum absolute atomic E-state index is 0.0590. The zero-order chi connectivity index (χ0) is 13.5. The van der Waals surface area contributed by atoms with Crippen molar-refractivity contribution >= 4 is 11.9 Å². The van der Waals surface area contributed by atoms with E-state index in [9.17, 15) is 14.0 Å². The maximum Gasteiger partial charge on any atom is 0.303 e. The van der Waals surface area contributed by atoms with Crippen molar-refractivity contribution in [2.24, 2.45) is 0 Å². The molecule has 0 aliphatic carbocycles. The fraction of sp³-hybridized carbons (Fsp3) is 0.250. The molecule has 0 saturated carbocycles. The largest absolute Gasteiger partial charge is 0.481 e. The van der Waals surface area contributed by atoms with Gasteiger partial charge in [-0.1, -0.05) is 18.2 Å². The van der Waals surface area contributed by atoms with Gasteiger partial charge in [0.25, 0.3) is 0 Å². The van der Waals surface area contributed by atoms with E-state index in [1.807, 2.05) is 0 Å². The number of hydrogen-bond acceptors (Lipinski definition) is 3. The Hall–Kier alpha value is -2.42. The average molecular weight is 250 g/mol. The van der Waals surface area contributed by atoms with Crippen molar-refractivity contribution in [3.8, 4) is 6.07 Å². The Balaban J connectivity index is 2.69.